The highest BCUT2D eigenvalue weighted by Gasteiger charge is 2.24. The molecule has 3 rings (SSSR count). The van der Waals surface area contributed by atoms with E-state index in [1.165, 1.54) is 6.92 Å². The van der Waals surface area contributed by atoms with Gasteiger partial charge < -0.3 is 14.5 Å². The zero-order valence-corrected chi connectivity index (χ0v) is 15.3. The predicted octanol–water partition coefficient (Wildman–Crippen LogP) is 4.45. The second-order valence-electron chi connectivity index (χ2n) is 5.89. The summed E-state index contributed by atoms with van der Waals surface area (Å²) in [5, 5.41) is 12.9. The first kappa shape index (κ1) is 18.5. The molecule has 27 heavy (non-hydrogen) atoms. The van der Waals surface area contributed by atoms with Crippen LogP contribution >= 0.6 is 11.6 Å². The summed E-state index contributed by atoms with van der Waals surface area (Å²) in [5.41, 5.74) is 1.75. The average molecular weight is 383 g/mol. The number of benzene rings is 2. The molecule has 1 amide bonds. The van der Waals surface area contributed by atoms with Crippen LogP contribution in [0.3, 0.4) is 0 Å². The Hall–Kier alpha value is -3.30. The summed E-state index contributed by atoms with van der Waals surface area (Å²) in [6.07, 6.45) is -1.08. The minimum Gasteiger partial charge on any atom is -0.449 e. The third-order valence-corrected chi connectivity index (χ3v) is 4.28. The van der Waals surface area contributed by atoms with Crippen LogP contribution in [-0.4, -0.2) is 18.0 Å². The highest BCUT2D eigenvalue weighted by molar-refractivity contribution is 6.31. The van der Waals surface area contributed by atoms with Gasteiger partial charge in [0.1, 0.15) is 11.7 Å². The van der Waals surface area contributed by atoms with Crippen LogP contribution < -0.4 is 5.32 Å². The van der Waals surface area contributed by atoms with E-state index in [-0.39, 0.29) is 5.76 Å². The molecule has 2 aromatic carbocycles. The summed E-state index contributed by atoms with van der Waals surface area (Å²) >= 11 is 5.97. The molecule has 0 aliphatic rings. The number of halogens is 1. The van der Waals surface area contributed by atoms with E-state index in [4.69, 9.17) is 26.0 Å². The molecule has 0 unspecified atom stereocenters. The molecule has 0 radical (unpaired) electrons. The molecule has 3 aromatic rings. The fourth-order valence-corrected chi connectivity index (χ4v) is 2.75. The Bertz CT molecular complexity index is 1080. The van der Waals surface area contributed by atoms with Gasteiger partial charge in [0.05, 0.1) is 11.3 Å². The molecule has 0 saturated carbocycles. The van der Waals surface area contributed by atoms with E-state index in [0.29, 0.717) is 32.8 Å². The Morgan fingerprint density at radius 2 is 2.00 bits per heavy atom. The molecular weight excluding hydrogens is 368 g/mol. The molecule has 0 fully saturated rings. The Morgan fingerprint density at radius 1 is 1.26 bits per heavy atom. The van der Waals surface area contributed by atoms with Gasteiger partial charge in [0.2, 0.25) is 5.76 Å². The first-order valence-electron chi connectivity index (χ1n) is 8.10. The third-order valence-electron chi connectivity index (χ3n) is 4.04. The van der Waals surface area contributed by atoms with Gasteiger partial charge >= 0.3 is 5.97 Å². The lowest BCUT2D eigenvalue weighted by molar-refractivity contribution is -0.123. The lowest BCUT2D eigenvalue weighted by Gasteiger charge is -2.13. The Labute approximate surface area is 160 Å². The van der Waals surface area contributed by atoms with Crippen molar-refractivity contribution in [2.45, 2.75) is 20.0 Å². The Morgan fingerprint density at radius 3 is 2.74 bits per heavy atom. The summed E-state index contributed by atoms with van der Waals surface area (Å²) < 4.78 is 10.8. The number of aryl methyl sites for hydroxylation is 1. The molecule has 0 spiro atoms. The molecule has 0 aliphatic heterocycles. The summed E-state index contributed by atoms with van der Waals surface area (Å²) in [5.74, 6) is -1.29. The lowest BCUT2D eigenvalue weighted by Crippen LogP contribution is -2.30. The number of furan rings is 1. The molecule has 1 atom stereocenters. The van der Waals surface area contributed by atoms with Crippen molar-refractivity contribution in [3.63, 3.8) is 0 Å². The summed E-state index contributed by atoms with van der Waals surface area (Å²) in [4.78, 5) is 24.7. The number of carbonyl (C=O) groups is 2. The normalized spacial score (nSPS) is 11.6. The van der Waals surface area contributed by atoms with Crippen LogP contribution in [0.5, 0.6) is 0 Å². The van der Waals surface area contributed by atoms with Crippen molar-refractivity contribution in [3.05, 3.63) is 64.4 Å². The van der Waals surface area contributed by atoms with Gasteiger partial charge in [-0.05, 0) is 44.2 Å². The standard InChI is InChI=1S/C20H15ClN2O4/c1-11-15-9-14(21)7-8-17(15)27-18(11)20(25)26-12(2)19(24)23-16-6-4-3-5-13(16)10-22/h3-9,12H,1-2H3,(H,23,24)/t12-/m1/s1. The van der Waals surface area contributed by atoms with Crippen molar-refractivity contribution in [2.75, 3.05) is 5.32 Å². The number of carbonyl (C=O) groups excluding carboxylic acids is 2. The SMILES string of the molecule is Cc1c(C(=O)O[C@H](C)C(=O)Nc2ccccc2C#N)oc2ccc(Cl)cc12. The number of esters is 1. The summed E-state index contributed by atoms with van der Waals surface area (Å²) in [6.45, 7) is 3.16. The number of fused-ring (bicyclic) bond motifs is 1. The topological polar surface area (TPSA) is 92.3 Å². The van der Waals surface area contributed by atoms with Gasteiger partial charge in [-0.15, -0.1) is 0 Å². The van der Waals surface area contributed by atoms with Crippen LogP contribution in [0, 0.1) is 18.3 Å². The first-order valence-corrected chi connectivity index (χ1v) is 8.48. The number of rotatable bonds is 4. The third kappa shape index (κ3) is 3.78. The fourth-order valence-electron chi connectivity index (χ4n) is 2.58. The van der Waals surface area contributed by atoms with E-state index in [2.05, 4.69) is 5.32 Å². The Kier molecular flexibility index (Phi) is 5.15. The van der Waals surface area contributed by atoms with Crippen molar-refractivity contribution in [2.24, 2.45) is 0 Å². The fraction of sp³-hybridized carbons (Fsp3) is 0.150. The van der Waals surface area contributed by atoms with Crippen molar-refractivity contribution in [3.8, 4) is 6.07 Å². The molecule has 0 aliphatic carbocycles. The molecule has 0 bridgehead atoms. The number of para-hydroxylation sites is 1. The second-order valence-corrected chi connectivity index (χ2v) is 6.33. The van der Waals surface area contributed by atoms with Crippen LogP contribution in [-0.2, 0) is 9.53 Å². The van der Waals surface area contributed by atoms with Crippen LogP contribution in [0.4, 0.5) is 5.69 Å². The van der Waals surface area contributed by atoms with E-state index in [1.807, 2.05) is 6.07 Å². The maximum Gasteiger partial charge on any atom is 0.375 e. The number of anilines is 1. The molecule has 1 N–H and O–H groups in total. The molecule has 136 valence electrons. The van der Waals surface area contributed by atoms with E-state index in [1.54, 1.807) is 49.4 Å². The van der Waals surface area contributed by atoms with Gasteiger partial charge in [-0.1, -0.05) is 23.7 Å². The number of amides is 1. The molecule has 1 aromatic heterocycles. The zero-order chi connectivity index (χ0) is 19.6. The van der Waals surface area contributed by atoms with Gasteiger partial charge in [0, 0.05) is 16.0 Å². The lowest BCUT2D eigenvalue weighted by atomic mass is 10.1. The summed E-state index contributed by atoms with van der Waals surface area (Å²) in [6, 6.07) is 13.6. The minimum absolute atomic E-state index is 0.0179. The highest BCUT2D eigenvalue weighted by atomic mass is 35.5. The molecule has 0 saturated heterocycles. The van der Waals surface area contributed by atoms with E-state index < -0.39 is 18.0 Å². The van der Waals surface area contributed by atoms with Gasteiger partial charge in [0.25, 0.3) is 5.91 Å². The smallest absolute Gasteiger partial charge is 0.375 e. The quantitative estimate of drug-likeness (QED) is 0.673. The van der Waals surface area contributed by atoms with Gasteiger partial charge in [-0.2, -0.15) is 5.26 Å². The monoisotopic (exact) mass is 382 g/mol. The maximum atomic E-state index is 12.4. The van der Waals surface area contributed by atoms with Gasteiger partial charge in [-0.3, -0.25) is 4.79 Å². The first-order chi connectivity index (χ1) is 12.9. The summed E-state index contributed by atoms with van der Waals surface area (Å²) in [7, 11) is 0. The number of ether oxygens (including phenoxy) is 1. The van der Waals surface area contributed by atoms with Crippen LogP contribution in [0.1, 0.15) is 28.6 Å². The molecule has 1 heterocycles. The number of hydrogen-bond donors (Lipinski definition) is 1. The number of nitrogens with zero attached hydrogens (tertiary/aromatic N) is 1. The van der Waals surface area contributed by atoms with Gasteiger partial charge in [-0.25, -0.2) is 4.79 Å². The zero-order valence-electron chi connectivity index (χ0n) is 14.6. The largest absolute Gasteiger partial charge is 0.449 e. The average Bonchev–Trinajstić information content (AvgIpc) is 2.98. The van der Waals surface area contributed by atoms with Crippen molar-refractivity contribution in [1.29, 1.82) is 5.26 Å². The van der Waals surface area contributed by atoms with Crippen molar-refractivity contribution < 1.29 is 18.7 Å². The van der Waals surface area contributed by atoms with Crippen LogP contribution in [0.25, 0.3) is 11.0 Å². The molecule has 7 heteroatoms. The van der Waals surface area contributed by atoms with Crippen molar-refractivity contribution in [1.82, 2.24) is 0 Å². The number of nitrogens with one attached hydrogen (secondary N) is 1. The predicted molar refractivity (Wildman–Crippen MR) is 101 cm³/mol. The minimum atomic E-state index is -1.08. The van der Waals surface area contributed by atoms with Crippen LogP contribution in [0.15, 0.2) is 46.9 Å². The van der Waals surface area contributed by atoms with E-state index in [0.717, 1.165) is 0 Å². The highest BCUT2D eigenvalue weighted by Crippen LogP contribution is 2.28. The van der Waals surface area contributed by atoms with Gasteiger partial charge in [0.15, 0.2) is 6.10 Å². The van der Waals surface area contributed by atoms with E-state index in [9.17, 15) is 9.59 Å². The van der Waals surface area contributed by atoms with Crippen LogP contribution in [0.2, 0.25) is 5.02 Å². The van der Waals surface area contributed by atoms with E-state index >= 15 is 0 Å². The van der Waals surface area contributed by atoms with Crippen molar-refractivity contribution >= 4 is 40.1 Å². The molecular formula is C20H15ClN2O4. The Balaban J connectivity index is 1.75. The molecule has 6 nitrogen and oxygen atoms in total. The number of nitriles is 1. The number of hydrogen-bond acceptors (Lipinski definition) is 5. The second kappa shape index (κ2) is 7.52. The maximum absolute atomic E-state index is 12.4.